The minimum atomic E-state index is -0.0717. The first kappa shape index (κ1) is 20.6. The van der Waals surface area contributed by atoms with Gasteiger partial charge in [-0.05, 0) is 57.5 Å². The van der Waals surface area contributed by atoms with Crippen molar-refractivity contribution in [2.75, 3.05) is 13.7 Å². The summed E-state index contributed by atoms with van der Waals surface area (Å²) in [4.78, 5) is 8.63. The van der Waals surface area contributed by atoms with Crippen molar-refractivity contribution in [2.45, 2.75) is 46.2 Å². The summed E-state index contributed by atoms with van der Waals surface area (Å²) in [6, 6.07) is 11.5. The lowest BCUT2D eigenvalue weighted by molar-refractivity contribution is 0.317. The van der Waals surface area contributed by atoms with Gasteiger partial charge < -0.3 is 20.1 Å². The Morgan fingerprint density at radius 1 is 1.11 bits per heavy atom. The molecule has 0 aliphatic rings. The van der Waals surface area contributed by atoms with Gasteiger partial charge in [-0.1, -0.05) is 13.0 Å². The molecule has 0 amide bonds. The van der Waals surface area contributed by atoms with Gasteiger partial charge in [0, 0.05) is 30.9 Å². The fourth-order valence-electron chi connectivity index (χ4n) is 2.30. The summed E-state index contributed by atoms with van der Waals surface area (Å²) < 4.78 is 11.6. The van der Waals surface area contributed by atoms with Crippen LogP contribution in [0, 0.1) is 0 Å². The van der Waals surface area contributed by atoms with E-state index in [0.29, 0.717) is 19.0 Å². The normalized spacial score (nSPS) is 11.8. The summed E-state index contributed by atoms with van der Waals surface area (Å²) in [5.74, 6) is 2.85. The maximum Gasteiger partial charge on any atom is 0.224 e. The number of nitrogens with one attached hydrogen (secondary N) is 2. The lowest BCUT2D eigenvalue weighted by Gasteiger charge is -2.24. The number of aliphatic imine (C=N–C) groups is 1. The largest absolute Gasteiger partial charge is 0.494 e. The Balaban J connectivity index is 2.02. The van der Waals surface area contributed by atoms with Gasteiger partial charge >= 0.3 is 0 Å². The highest BCUT2D eigenvalue weighted by atomic mass is 16.5. The standard InChI is InChI=1S/C21H30N4O2/c1-6-14-26-17-9-11-18(12-10-17)27-19-16(8-7-13-23-19)15-24-20(22-5)25-21(2,3)4/h7-13H,6,14-15H2,1-5H3,(H2,22,24,25). The van der Waals surface area contributed by atoms with E-state index in [1.54, 1.807) is 13.2 Å². The number of hydrogen-bond donors (Lipinski definition) is 2. The van der Waals surface area contributed by atoms with Gasteiger partial charge in [-0.25, -0.2) is 4.98 Å². The molecule has 0 saturated carbocycles. The van der Waals surface area contributed by atoms with Gasteiger partial charge in [-0.2, -0.15) is 0 Å². The number of ether oxygens (including phenoxy) is 2. The van der Waals surface area contributed by atoms with Crippen LogP contribution in [0.15, 0.2) is 47.6 Å². The van der Waals surface area contributed by atoms with Gasteiger partial charge in [0.2, 0.25) is 5.88 Å². The third-order valence-corrected chi connectivity index (χ3v) is 3.52. The van der Waals surface area contributed by atoms with Crippen molar-refractivity contribution in [3.63, 3.8) is 0 Å². The van der Waals surface area contributed by atoms with Crippen LogP contribution in [0.3, 0.4) is 0 Å². The molecule has 1 aromatic carbocycles. The molecule has 146 valence electrons. The number of hydrogen-bond acceptors (Lipinski definition) is 4. The van der Waals surface area contributed by atoms with Crippen molar-refractivity contribution in [1.29, 1.82) is 0 Å². The molecule has 0 unspecified atom stereocenters. The summed E-state index contributed by atoms with van der Waals surface area (Å²) in [5.41, 5.74) is 0.873. The number of rotatable bonds is 7. The molecule has 6 nitrogen and oxygen atoms in total. The molecule has 0 fully saturated rings. The molecule has 6 heteroatoms. The monoisotopic (exact) mass is 370 g/mol. The van der Waals surface area contributed by atoms with Crippen molar-refractivity contribution >= 4 is 5.96 Å². The van der Waals surface area contributed by atoms with E-state index in [0.717, 1.165) is 29.4 Å². The molecule has 2 rings (SSSR count). The Kier molecular flexibility index (Phi) is 7.46. The van der Waals surface area contributed by atoms with E-state index < -0.39 is 0 Å². The van der Waals surface area contributed by atoms with Crippen LogP contribution in [0.1, 0.15) is 39.7 Å². The fourth-order valence-corrected chi connectivity index (χ4v) is 2.30. The zero-order valence-corrected chi connectivity index (χ0v) is 16.9. The van der Waals surface area contributed by atoms with Crippen LogP contribution in [-0.2, 0) is 6.54 Å². The molecule has 0 saturated heterocycles. The Hall–Kier alpha value is -2.76. The Morgan fingerprint density at radius 2 is 1.81 bits per heavy atom. The highest BCUT2D eigenvalue weighted by Crippen LogP contribution is 2.25. The van der Waals surface area contributed by atoms with Crippen molar-refractivity contribution in [3.8, 4) is 17.4 Å². The Morgan fingerprint density at radius 3 is 2.44 bits per heavy atom. The molecule has 2 N–H and O–H groups in total. The van der Waals surface area contributed by atoms with Gasteiger partial charge in [0.25, 0.3) is 0 Å². The third kappa shape index (κ3) is 7.17. The first-order chi connectivity index (χ1) is 12.9. The molecule has 0 aliphatic carbocycles. The van der Waals surface area contributed by atoms with Gasteiger partial charge in [0.1, 0.15) is 11.5 Å². The number of pyridine rings is 1. The summed E-state index contributed by atoms with van der Waals surface area (Å²) in [5, 5.41) is 6.63. The zero-order valence-electron chi connectivity index (χ0n) is 16.9. The molecule has 2 aromatic rings. The van der Waals surface area contributed by atoms with Crippen LogP contribution < -0.4 is 20.1 Å². The van der Waals surface area contributed by atoms with Gasteiger partial charge in [0.15, 0.2) is 5.96 Å². The first-order valence-electron chi connectivity index (χ1n) is 9.24. The molecule has 0 radical (unpaired) electrons. The van der Waals surface area contributed by atoms with Crippen LogP contribution in [0.25, 0.3) is 0 Å². The summed E-state index contributed by atoms with van der Waals surface area (Å²) in [6.07, 6.45) is 2.70. The molecule has 0 atom stereocenters. The number of nitrogens with zero attached hydrogens (tertiary/aromatic N) is 2. The molecule has 0 aliphatic heterocycles. The van der Waals surface area contributed by atoms with E-state index in [4.69, 9.17) is 9.47 Å². The lowest BCUT2D eigenvalue weighted by Crippen LogP contribution is -2.47. The first-order valence-corrected chi connectivity index (χ1v) is 9.24. The van der Waals surface area contributed by atoms with Crippen LogP contribution in [0.4, 0.5) is 0 Å². The lowest BCUT2D eigenvalue weighted by atomic mass is 10.1. The summed E-state index contributed by atoms with van der Waals surface area (Å²) >= 11 is 0. The van der Waals surface area contributed by atoms with E-state index >= 15 is 0 Å². The number of benzene rings is 1. The second kappa shape index (κ2) is 9.80. The number of aromatic nitrogens is 1. The third-order valence-electron chi connectivity index (χ3n) is 3.52. The smallest absolute Gasteiger partial charge is 0.224 e. The highest BCUT2D eigenvalue weighted by Gasteiger charge is 2.13. The Bertz CT molecular complexity index is 737. The predicted octanol–water partition coefficient (Wildman–Crippen LogP) is 4.13. The van der Waals surface area contributed by atoms with Crippen molar-refractivity contribution in [2.24, 2.45) is 4.99 Å². The number of guanidine groups is 1. The van der Waals surface area contributed by atoms with E-state index in [2.05, 4.69) is 48.3 Å². The van der Waals surface area contributed by atoms with E-state index in [9.17, 15) is 0 Å². The summed E-state index contributed by atoms with van der Waals surface area (Å²) in [6.45, 7) is 9.61. The van der Waals surface area contributed by atoms with E-state index in [1.807, 2.05) is 36.4 Å². The molecule has 0 bridgehead atoms. The minimum Gasteiger partial charge on any atom is -0.494 e. The second-order valence-electron chi connectivity index (χ2n) is 7.19. The average molecular weight is 370 g/mol. The van der Waals surface area contributed by atoms with Gasteiger partial charge in [-0.15, -0.1) is 0 Å². The molecule has 1 aromatic heterocycles. The van der Waals surface area contributed by atoms with Crippen LogP contribution >= 0.6 is 0 Å². The molecule has 1 heterocycles. The van der Waals surface area contributed by atoms with Crippen molar-refractivity contribution in [1.82, 2.24) is 15.6 Å². The van der Waals surface area contributed by atoms with Crippen molar-refractivity contribution < 1.29 is 9.47 Å². The quantitative estimate of drug-likeness (QED) is 0.567. The van der Waals surface area contributed by atoms with Gasteiger partial charge in [0.05, 0.1) is 6.61 Å². The maximum absolute atomic E-state index is 5.97. The maximum atomic E-state index is 5.97. The highest BCUT2D eigenvalue weighted by molar-refractivity contribution is 5.80. The van der Waals surface area contributed by atoms with E-state index in [-0.39, 0.29) is 5.54 Å². The Labute approximate surface area is 162 Å². The molecule has 27 heavy (non-hydrogen) atoms. The fraction of sp³-hybridized carbons (Fsp3) is 0.429. The second-order valence-corrected chi connectivity index (χ2v) is 7.19. The average Bonchev–Trinajstić information content (AvgIpc) is 2.64. The van der Waals surface area contributed by atoms with Crippen molar-refractivity contribution in [3.05, 3.63) is 48.2 Å². The topological polar surface area (TPSA) is 67.8 Å². The van der Waals surface area contributed by atoms with Gasteiger partial charge in [-0.3, -0.25) is 4.99 Å². The summed E-state index contributed by atoms with van der Waals surface area (Å²) in [7, 11) is 1.75. The SMILES string of the molecule is CCCOc1ccc(Oc2ncccc2CNC(=NC)NC(C)(C)C)cc1. The van der Waals surface area contributed by atoms with Crippen LogP contribution in [0.5, 0.6) is 17.4 Å². The zero-order chi connectivity index (χ0) is 19.7. The van der Waals surface area contributed by atoms with E-state index in [1.165, 1.54) is 0 Å². The minimum absolute atomic E-state index is 0.0717. The van der Waals surface area contributed by atoms with Crippen LogP contribution in [-0.4, -0.2) is 30.1 Å². The molecular formula is C21H30N4O2. The molecular weight excluding hydrogens is 340 g/mol. The molecule has 0 spiro atoms. The predicted molar refractivity (Wildman–Crippen MR) is 110 cm³/mol. The van der Waals surface area contributed by atoms with Crippen LogP contribution in [0.2, 0.25) is 0 Å².